The Bertz CT molecular complexity index is 336. The van der Waals surface area contributed by atoms with E-state index in [1.54, 1.807) is 13.8 Å². The summed E-state index contributed by atoms with van der Waals surface area (Å²) in [4.78, 5) is 12.0. The summed E-state index contributed by atoms with van der Waals surface area (Å²) in [6.07, 6.45) is 0.848. The number of alkyl halides is 2. The van der Waals surface area contributed by atoms with E-state index in [0.29, 0.717) is 12.8 Å². The number of amides is 1. The van der Waals surface area contributed by atoms with Crippen LogP contribution in [0.15, 0.2) is 0 Å². The monoisotopic (exact) mass is 259 g/mol. The van der Waals surface area contributed by atoms with Crippen LogP contribution in [0.2, 0.25) is 0 Å². The molecule has 0 aliphatic rings. The molecule has 0 saturated carbocycles. The Morgan fingerprint density at radius 3 is 1.88 bits per heavy atom. The topological polar surface area (TPSA) is 74.7 Å². The lowest BCUT2D eigenvalue weighted by atomic mass is 10.3. The van der Waals surface area contributed by atoms with Gasteiger partial charge in [0.25, 0.3) is 0 Å². The van der Waals surface area contributed by atoms with Crippen LogP contribution < -0.4 is 0 Å². The summed E-state index contributed by atoms with van der Waals surface area (Å²) >= 11 is 0. The molecule has 0 saturated heterocycles. The maximum atomic E-state index is 13.0. The summed E-state index contributed by atoms with van der Waals surface area (Å²) in [5, 5.41) is -4.77. The van der Waals surface area contributed by atoms with Crippen LogP contribution in [0.25, 0.3) is 0 Å². The standard InChI is InChI=1S/C8H15F2NO4S/c1-3-5-11(6-4-2)7(12)8(9,10)16(13,14)15/h3-6H2,1-2H3,(H,13,14,15). The van der Waals surface area contributed by atoms with Crippen molar-refractivity contribution in [1.82, 2.24) is 4.90 Å². The van der Waals surface area contributed by atoms with Crippen molar-refractivity contribution >= 4 is 16.0 Å². The van der Waals surface area contributed by atoms with Gasteiger partial charge in [0.2, 0.25) is 0 Å². The van der Waals surface area contributed by atoms with Gasteiger partial charge >= 0.3 is 21.3 Å². The minimum absolute atomic E-state index is 0.0256. The number of carbonyl (C=O) groups excluding carboxylic acids is 1. The molecule has 0 fully saturated rings. The quantitative estimate of drug-likeness (QED) is 0.725. The highest BCUT2D eigenvalue weighted by atomic mass is 32.2. The van der Waals surface area contributed by atoms with Crippen molar-refractivity contribution in [3.8, 4) is 0 Å². The number of halogens is 2. The van der Waals surface area contributed by atoms with Gasteiger partial charge in [-0.1, -0.05) is 13.8 Å². The van der Waals surface area contributed by atoms with Crippen molar-refractivity contribution in [2.24, 2.45) is 0 Å². The maximum absolute atomic E-state index is 13.0. The highest BCUT2D eigenvalue weighted by Gasteiger charge is 2.54. The Morgan fingerprint density at radius 2 is 1.62 bits per heavy atom. The number of hydrogen-bond acceptors (Lipinski definition) is 3. The Balaban J connectivity index is 5.00. The molecule has 0 aromatic heterocycles. The molecule has 0 aliphatic carbocycles. The number of nitrogens with zero attached hydrogens (tertiary/aromatic N) is 1. The molecule has 96 valence electrons. The number of hydrogen-bond donors (Lipinski definition) is 1. The zero-order valence-corrected chi connectivity index (χ0v) is 9.93. The summed E-state index contributed by atoms with van der Waals surface area (Å²) in [5.41, 5.74) is 0. The van der Waals surface area contributed by atoms with Gasteiger partial charge in [0.1, 0.15) is 0 Å². The first-order chi connectivity index (χ1) is 7.18. The van der Waals surface area contributed by atoms with Gasteiger partial charge in [0.05, 0.1) is 0 Å². The summed E-state index contributed by atoms with van der Waals surface area (Å²) in [6.45, 7) is 3.39. The van der Waals surface area contributed by atoms with E-state index in [1.807, 2.05) is 0 Å². The van der Waals surface area contributed by atoms with E-state index in [1.165, 1.54) is 0 Å². The molecule has 1 amide bonds. The molecular formula is C8H15F2NO4S. The van der Waals surface area contributed by atoms with Crippen LogP contribution in [0.3, 0.4) is 0 Å². The predicted octanol–water partition coefficient (Wildman–Crippen LogP) is 1.12. The van der Waals surface area contributed by atoms with Gasteiger partial charge in [-0.25, -0.2) is 0 Å². The molecule has 0 atom stereocenters. The van der Waals surface area contributed by atoms with Gasteiger partial charge in [0.15, 0.2) is 0 Å². The smallest absolute Gasteiger partial charge is 0.336 e. The molecule has 0 bridgehead atoms. The lowest BCUT2D eigenvalue weighted by Gasteiger charge is -2.24. The number of rotatable bonds is 6. The van der Waals surface area contributed by atoms with Crippen molar-refractivity contribution in [1.29, 1.82) is 0 Å². The molecule has 16 heavy (non-hydrogen) atoms. The zero-order valence-electron chi connectivity index (χ0n) is 9.11. The highest BCUT2D eigenvalue weighted by Crippen LogP contribution is 2.23. The van der Waals surface area contributed by atoms with Crippen LogP contribution in [-0.4, -0.2) is 42.1 Å². The molecule has 0 radical (unpaired) electrons. The predicted molar refractivity (Wildman–Crippen MR) is 53.7 cm³/mol. The normalized spacial score (nSPS) is 12.6. The molecule has 0 rings (SSSR count). The Hall–Kier alpha value is -0.760. The van der Waals surface area contributed by atoms with Gasteiger partial charge in [0, 0.05) is 13.1 Å². The second-order valence-corrected chi connectivity index (χ2v) is 4.75. The average Bonchev–Trinajstić information content (AvgIpc) is 2.14. The fourth-order valence-electron chi connectivity index (χ4n) is 1.15. The van der Waals surface area contributed by atoms with E-state index in [-0.39, 0.29) is 13.1 Å². The van der Waals surface area contributed by atoms with Crippen LogP contribution in [0.4, 0.5) is 8.78 Å². The molecule has 5 nitrogen and oxygen atoms in total. The second kappa shape index (κ2) is 5.53. The SMILES string of the molecule is CCCN(CCC)C(=O)C(F)(F)S(=O)(=O)O. The van der Waals surface area contributed by atoms with Crippen molar-refractivity contribution < 1.29 is 26.5 Å². The lowest BCUT2D eigenvalue weighted by molar-refractivity contribution is -0.147. The first-order valence-electron chi connectivity index (χ1n) is 4.82. The van der Waals surface area contributed by atoms with E-state index < -0.39 is 21.3 Å². The van der Waals surface area contributed by atoms with Gasteiger partial charge < -0.3 is 4.90 Å². The summed E-state index contributed by atoms with van der Waals surface area (Å²) in [7, 11) is -5.71. The second-order valence-electron chi connectivity index (χ2n) is 3.28. The van der Waals surface area contributed by atoms with Gasteiger partial charge in [-0.2, -0.15) is 17.2 Å². The van der Waals surface area contributed by atoms with Gasteiger partial charge in [-0.3, -0.25) is 9.35 Å². The first-order valence-corrected chi connectivity index (χ1v) is 6.26. The maximum Gasteiger partial charge on any atom is 0.446 e. The van der Waals surface area contributed by atoms with Crippen LogP contribution in [0.5, 0.6) is 0 Å². The van der Waals surface area contributed by atoms with E-state index in [2.05, 4.69) is 0 Å². The molecule has 0 aliphatic heterocycles. The molecule has 0 aromatic rings. The van der Waals surface area contributed by atoms with Gasteiger partial charge in [-0.15, -0.1) is 0 Å². The van der Waals surface area contributed by atoms with E-state index >= 15 is 0 Å². The Kier molecular flexibility index (Phi) is 5.27. The van der Waals surface area contributed by atoms with Crippen LogP contribution in [0.1, 0.15) is 26.7 Å². The van der Waals surface area contributed by atoms with Crippen LogP contribution in [0, 0.1) is 0 Å². The zero-order chi connectivity index (χ0) is 13.0. The average molecular weight is 259 g/mol. The first kappa shape index (κ1) is 15.2. The van der Waals surface area contributed by atoms with Gasteiger partial charge in [-0.05, 0) is 12.8 Å². The lowest BCUT2D eigenvalue weighted by Crippen LogP contribution is -2.48. The Labute approximate surface area is 93.2 Å². The minimum Gasteiger partial charge on any atom is -0.336 e. The fourth-order valence-corrected chi connectivity index (χ4v) is 1.50. The van der Waals surface area contributed by atoms with E-state index in [0.717, 1.165) is 4.90 Å². The minimum atomic E-state index is -5.71. The van der Waals surface area contributed by atoms with E-state index in [9.17, 15) is 22.0 Å². The van der Waals surface area contributed by atoms with Crippen molar-refractivity contribution in [2.75, 3.05) is 13.1 Å². The molecule has 8 heteroatoms. The third-order valence-corrected chi connectivity index (χ3v) is 2.67. The Morgan fingerprint density at radius 1 is 1.25 bits per heavy atom. The molecule has 0 unspecified atom stereocenters. The molecule has 0 aromatic carbocycles. The fraction of sp³-hybridized carbons (Fsp3) is 0.875. The summed E-state index contributed by atoms with van der Waals surface area (Å²) in [5.74, 6) is -1.88. The molecular weight excluding hydrogens is 244 g/mol. The van der Waals surface area contributed by atoms with Crippen molar-refractivity contribution in [3.63, 3.8) is 0 Å². The molecule has 0 spiro atoms. The summed E-state index contributed by atoms with van der Waals surface area (Å²) in [6, 6.07) is 0. The van der Waals surface area contributed by atoms with Crippen LogP contribution in [-0.2, 0) is 14.9 Å². The van der Waals surface area contributed by atoms with Crippen molar-refractivity contribution in [3.05, 3.63) is 0 Å². The van der Waals surface area contributed by atoms with Crippen molar-refractivity contribution in [2.45, 2.75) is 31.9 Å². The summed E-state index contributed by atoms with van der Waals surface area (Å²) < 4.78 is 55.0. The third kappa shape index (κ3) is 3.38. The van der Waals surface area contributed by atoms with Crippen LogP contribution >= 0.6 is 0 Å². The molecule has 0 heterocycles. The van der Waals surface area contributed by atoms with E-state index in [4.69, 9.17) is 4.55 Å². The number of carbonyl (C=O) groups is 1. The largest absolute Gasteiger partial charge is 0.446 e. The third-order valence-electron chi connectivity index (χ3n) is 1.85. The highest BCUT2D eigenvalue weighted by molar-refractivity contribution is 7.87. The molecule has 1 N–H and O–H groups in total.